The number of hydrogen-bond acceptors (Lipinski definition) is 0. The molecular weight excluding hydrogens is 537 g/mol. The number of hydrogen-bond donors (Lipinski definition) is 0. The fourth-order valence-corrected chi connectivity index (χ4v) is 13.6. The first-order valence-corrected chi connectivity index (χ1v) is 18.4. The van der Waals surface area contributed by atoms with Crippen LogP contribution in [0.15, 0.2) is 121 Å². The summed E-state index contributed by atoms with van der Waals surface area (Å²) in [5, 5.41) is 0. The van der Waals surface area contributed by atoms with Crippen molar-refractivity contribution in [1.29, 1.82) is 0 Å². The third-order valence-corrected chi connectivity index (χ3v) is 13.5. The topological polar surface area (TPSA) is 0 Å². The Morgan fingerprint density at radius 2 is 0.621 bits per heavy atom. The van der Waals surface area contributed by atoms with E-state index < -0.39 is 24.6 Å². The van der Waals surface area contributed by atoms with Crippen LogP contribution >= 0.6 is 0 Å². The Bertz CT molecular complexity index is 804. The third kappa shape index (κ3) is 5.45. The Kier molecular flexibility index (Phi) is 7.31. The van der Waals surface area contributed by atoms with Gasteiger partial charge in [-0.2, -0.15) is 0 Å². The van der Waals surface area contributed by atoms with Gasteiger partial charge in [-0.05, 0) is 0 Å². The Labute approximate surface area is 187 Å². The summed E-state index contributed by atoms with van der Waals surface area (Å²) >= 11 is -1.12. The van der Waals surface area contributed by atoms with Gasteiger partial charge in [0.25, 0.3) is 0 Å². The third-order valence-electron chi connectivity index (χ3n) is 5.79. The van der Waals surface area contributed by atoms with Crippen LogP contribution in [-0.4, -0.2) is 0 Å². The first kappa shape index (κ1) is 20.1. The SMILES string of the molecule is c1ccc(C([CH2][Hg][CH2]C(c2ccccc2)c2ccccc2)c2ccccc2)cc1. The molecule has 0 aliphatic carbocycles. The van der Waals surface area contributed by atoms with E-state index >= 15 is 0 Å². The van der Waals surface area contributed by atoms with Gasteiger partial charge in [-0.1, -0.05) is 0 Å². The van der Waals surface area contributed by atoms with Crippen molar-refractivity contribution < 1.29 is 24.6 Å². The summed E-state index contributed by atoms with van der Waals surface area (Å²) in [6.07, 6.45) is 0. The second kappa shape index (κ2) is 10.6. The fourth-order valence-electron chi connectivity index (χ4n) is 4.32. The van der Waals surface area contributed by atoms with Crippen molar-refractivity contribution in [2.75, 3.05) is 0 Å². The van der Waals surface area contributed by atoms with E-state index in [4.69, 9.17) is 0 Å². The minimum absolute atomic E-state index is 0.547. The molecule has 0 saturated carbocycles. The van der Waals surface area contributed by atoms with Crippen LogP contribution in [0.25, 0.3) is 0 Å². The molecule has 0 bridgehead atoms. The summed E-state index contributed by atoms with van der Waals surface area (Å²) in [5.41, 5.74) is 5.87. The quantitative estimate of drug-likeness (QED) is 0.194. The van der Waals surface area contributed by atoms with Crippen molar-refractivity contribution in [3.8, 4) is 0 Å². The molecule has 0 atom stereocenters. The molecule has 29 heavy (non-hydrogen) atoms. The average molecular weight is 563 g/mol. The fraction of sp³-hybridized carbons (Fsp3) is 0.143. The maximum absolute atomic E-state index is 2.30. The van der Waals surface area contributed by atoms with E-state index in [1.54, 1.807) is 0 Å². The summed E-state index contributed by atoms with van der Waals surface area (Å²) in [6, 6.07) is 44.3. The van der Waals surface area contributed by atoms with E-state index in [2.05, 4.69) is 121 Å². The van der Waals surface area contributed by atoms with Crippen LogP contribution in [0.3, 0.4) is 0 Å². The summed E-state index contributed by atoms with van der Waals surface area (Å²) < 4.78 is 2.76. The van der Waals surface area contributed by atoms with Gasteiger partial charge in [0.15, 0.2) is 0 Å². The summed E-state index contributed by atoms with van der Waals surface area (Å²) in [4.78, 5) is 0. The molecule has 0 fully saturated rings. The molecule has 0 spiro atoms. The Balaban J connectivity index is 1.53. The Morgan fingerprint density at radius 3 is 0.862 bits per heavy atom. The van der Waals surface area contributed by atoms with Crippen molar-refractivity contribution >= 4 is 0 Å². The molecule has 0 aliphatic rings. The van der Waals surface area contributed by atoms with Crippen molar-refractivity contribution in [2.24, 2.45) is 0 Å². The van der Waals surface area contributed by atoms with Crippen LogP contribution < -0.4 is 0 Å². The molecule has 0 nitrogen and oxygen atoms in total. The Hall–Kier alpha value is -2.18. The molecule has 4 aromatic rings. The zero-order chi connectivity index (χ0) is 19.7. The molecule has 4 rings (SSSR count). The van der Waals surface area contributed by atoms with Crippen molar-refractivity contribution in [2.45, 2.75) is 19.7 Å². The van der Waals surface area contributed by atoms with Crippen LogP contribution in [-0.2, 0) is 24.6 Å². The van der Waals surface area contributed by atoms with E-state index in [0.717, 1.165) is 0 Å². The van der Waals surface area contributed by atoms with Gasteiger partial charge < -0.3 is 0 Å². The summed E-state index contributed by atoms with van der Waals surface area (Å²) in [5.74, 6) is 1.09. The van der Waals surface area contributed by atoms with Gasteiger partial charge in [-0.3, -0.25) is 0 Å². The molecule has 140 valence electrons. The second-order valence-corrected chi connectivity index (χ2v) is 14.9. The molecule has 1 heteroatoms. The zero-order valence-corrected chi connectivity index (χ0v) is 22.3. The second-order valence-electron chi connectivity index (χ2n) is 7.68. The zero-order valence-electron chi connectivity index (χ0n) is 16.8. The molecule has 4 aromatic carbocycles. The molecule has 0 radical (unpaired) electrons. The Morgan fingerprint density at radius 1 is 0.379 bits per heavy atom. The van der Waals surface area contributed by atoms with Crippen molar-refractivity contribution in [1.82, 2.24) is 0 Å². The first-order valence-electron chi connectivity index (χ1n) is 10.6. The summed E-state index contributed by atoms with van der Waals surface area (Å²) in [7, 11) is 0. The maximum atomic E-state index is 2.30. The molecule has 0 aliphatic heterocycles. The van der Waals surface area contributed by atoms with E-state index in [-0.39, 0.29) is 0 Å². The van der Waals surface area contributed by atoms with Gasteiger partial charge in [0.1, 0.15) is 0 Å². The predicted molar refractivity (Wildman–Crippen MR) is 119 cm³/mol. The number of rotatable bonds is 8. The standard InChI is InChI=1S/2C14H13.Hg/c2*1-12(13-8-4-2-5-9-13)14-10-6-3-7-11-14;/h2*2-12H,1H2;. The van der Waals surface area contributed by atoms with Gasteiger partial charge in [-0.25, -0.2) is 0 Å². The van der Waals surface area contributed by atoms with Gasteiger partial charge in [-0.15, -0.1) is 0 Å². The van der Waals surface area contributed by atoms with Gasteiger partial charge >= 0.3 is 188 Å². The monoisotopic (exact) mass is 564 g/mol. The average Bonchev–Trinajstić information content (AvgIpc) is 2.81. The number of benzene rings is 4. The van der Waals surface area contributed by atoms with Crippen molar-refractivity contribution in [3.05, 3.63) is 144 Å². The molecule has 0 unspecified atom stereocenters. The van der Waals surface area contributed by atoms with Crippen LogP contribution in [0.4, 0.5) is 0 Å². The first-order chi connectivity index (χ1) is 14.4. The summed E-state index contributed by atoms with van der Waals surface area (Å²) in [6.45, 7) is 0. The van der Waals surface area contributed by atoms with E-state index in [9.17, 15) is 0 Å². The van der Waals surface area contributed by atoms with E-state index in [1.807, 2.05) is 0 Å². The minimum atomic E-state index is -1.12. The molecule has 0 aromatic heterocycles. The van der Waals surface area contributed by atoms with Crippen LogP contribution in [0.1, 0.15) is 34.1 Å². The van der Waals surface area contributed by atoms with Gasteiger partial charge in [0.2, 0.25) is 0 Å². The van der Waals surface area contributed by atoms with Crippen LogP contribution in [0, 0.1) is 0 Å². The molecular formula is C28H26Hg. The molecule has 0 amide bonds. The van der Waals surface area contributed by atoms with Crippen LogP contribution in [0.5, 0.6) is 0 Å². The van der Waals surface area contributed by atoms with Gasteiger partial charge in [0, 0.05) is 0 Å². The predicted octanol–water partition coefficient (Wildman–Crippen LogP) is 7.57. The van der Waals surface area contributed by atoms with Crippen molar-refractivity contribution in [3.63, 3.8) is 0 Å². The van der Waals surface area contributed by atoms with Crippen LogP contribution in [0.2, 0.25) is 7.86 Å². The van der Waals surface area contributed by atoms with E-state index in [0.29, 0.717) is 11.8 Å². The molecule has 0 saturated heterocycles. The normalized spacial score (nSPS) is 10.8. The van der Waals surface area contributed by atoms with E-state index in [1.165, 1.54) is 30.1 Å². The molecule has 0 N–H and O–H groups in total. The van der Waals surface area contributed by atoms with Gasteiger partial charge in [0.05, 0.1) is 0 Å². The molecule has 0 heterocycles.